The number of hydrogen-bond donors (Lipinski definition) is 0. The van der Waals surface area contributed by atoms with Crippen molar-refractivity contribution in [2.45, 2.75) is 12.1 Å². The third kappa shape index (κ3) is 3.07. The van der Waals surface area contributed by atoms with Crippen LogP contribution in [0.3, 0.4) is 0 Å². The van der Waals surface area contributed by atoms with Gasteiger partial charge in [0.15, 0.2) is 11.5 Å². The van der Waals surface area contributed by atoms with Crippen LogP contribution >= 0.6 is 0 Å². The first kappa shape index (κ1) is 15.9. The molecule has 2 rings (SSSR count). The zero-order chi connectivity index (χ0) is 16.3. The maximum absolute atomic E-state index is 12.9. The standard InChI is InChI=1S/C16H13F3O3/c1-21-14-6-4-10(7-15(14)22-2)13-8-12(16(17,18)19)5-3-11(13)9-20/h3-8,13H,1-2H3. The molecular formula is C16H13F3O3. The first-order chi connectivity index (χ1) is 10.4. The number of halogens is 3. The summed E-state index contributed by atoms with van der Waals surface area (Å²) in [6, 6.07) is 4.72. The lowest BCUT2D eigenvalue weighted by Gasteiger charge is -2.20. The second-order valence-corrected chi connectivity index (χ2v) is 4.60. The quantitative estimate of drug-likeness (QED) is 0.800. The van der Waals surface area contributed by atoms with Gasteiger partial charge in [-0.25, -0.2) is 4.79 Å². The number of benzene rings is 1. The van der Waals surface area contributed by atoms with Gasteiger partial charge < -0.3 is 9.47 Å². The number of carbonyl (C=O) groups excluding carboxylic acids is 1. The highest BCUT2D eigenvalue weighted by molar-refractivity contribution is 5.66. The number of rotatable bonds is 3. The molecule has 1 unspecified atom stereocenters. The summed E-state index contributed by atoms with van der Waals surface area (Å²) < 4.78 is 48.8. The predicted molar refractivity (Wildman–Crippen MR) is 74.8 cm³/mol. The minimum Gasteiger partial charge on any atom is -0.493 e. The summed E-state index contributed by atoms with van der Waals surface area (Å²) in [6.07, 6.45) is -1.46. The fourth-order valence-electron chi connectivity index (χ4n) is 2.22. The number of hydrogen-bond acceptors (Lipinski definition) is 3. The van der Waals surface area contributed by atoms with Gasteiger partial charge >= 0.3 is 6.18 Å². The zero-order valence-electron chi connectivity index (χ0n) is 11.9. The summed E-state index contributed by atoms with van der Waals surface area (Å²) in [4.78, 5) is 11.0. The van der Waals surface area contributed by atoms with Gasteiger partial charge in [-0.1, -0.05) is 12.1 Å². The smallest absolute Gasteiger partial charge is 0.416 e. The Kier molecular flexibility index (Phi) is 4.43. The van der Waals surface area contributed by atoms with Crippen molar-refractivity contribution in [1.29, 1.82) is 0 Å². The normalized spacial score (nSPS) is 17.8. The van der Waals surface area contributed by atoms with Crippen LogP contribution in [0.5, 0.6) is 11.5 Å². The summed E-state index contributed by atoms with van der Waals surface area (Å²) in [5, 5.41) is 0. The molecule has 1 aromatic rings. The highest BCUT2D eigenvalue weighted by Crippen LogP contribution is 2.39. The van der Waals surface area contributed by atoms with E-state index in [1.807, 2.05) is 0 Å². The van der Waals surface area contributed by atoms with Gasteiger partial charge in [0.05, 0.1) is 19.8 Å². The van der Waals surface area contributed by atoms with Crippen molar-refractivity contribution in [2.75, 3.05) is 14.2 Å². The molecule has 1 aliphatic rings. The molecule has 3 nitrogen and oxygen atoms in total. The second kappa shape index (κ2) is 6.12. The molecule has 0 saturated carbocycles. The molecule has 0 saturated heterocycles. The Morgan fingerprint density at radius 3 is 2.32 bits per heavy atom. The first-order valence-electron chi connectivity index (χ1n) is 6.34. The Morgan fingerprint density at radius 1 is 1.09 bits per heavy atom. The molecule has 0 aliphatic heterocycles. The summed E-state index contributed by atoms with van der Waals surface area (Å²) in [5.41, 5.74) is -0.186. The van der Waals surface area contributed by atoms with Crippen LogP contribution in [-0.2, 0) is 4.79 Å². The van der Waals surface area contributed by atoms with E-state index in [4.69, 9.17) is 9.47 Å². The van der Waals surface area contributed by atoms with E-state index in [1.165, 1.54) is 14.2 Å². The van der Waals surface area contributed by atoms with Gasteiger partial charge in [-0.2, -0.15) is 13.2 Å². The molecule has 116 valence electrons. The fraction of sp³-hybridized carbons (Fsp3) is 0.250. The fourth-order valence-corrected chi connectivity index (χ4v) is 2.22. The van der Waals surface area contributed by atoms with Gasteiger partial charge in [0.1, 0.15) is 5.94 Å². The van der Waals surface area contributed by atoms with Crippen LogP contribution in [0.2, 0.25) is 0 Å². The average Bonchev–Trinajstić information content (AvgIpc) is 2.52. The van der Waals surface area contributed by atoms with Gasteiger partial charge in [0.25, 0.3) is 0 Å². The molecule has 0 amide bonds. The lowest BCUT2D eigenvalue weighted by atomic mass is 9.86. The third-order valence-electron chi connectivity index (χ3n) is 3.34. The Hall–Kier alpha value is -2.46. The van der Waals surface area contributed by atoms with Crippen LogP contribution in [0.1, 0.15) is 11.5 Å². The van der Waals surface area contributed by atoms with Crippen molar-refractivity contribution in [3.63, 3.8) is 0 Å². The highest BCUT2D eigenvalue weighted by atomic mass is 19.4. The van der Waals surface area contributed by atoms with E-state index < -0.39 is 17.7 Å². The zero-order valence-corrected chi connectivity index (χ0v) is 11.9. The van der Waals surface area contributed by atoms with Gasteiger partial charge in [0, 0.05) is 11.5 Å². The number of allylic oxidation sites excluding steroid dienone is 5. The Balaban J connectivity index is 2.51. The summed E-state index contributed by atoms with van der Waals surface area (Å²) >= 11 is 0. The van der Waals surface area contributed by atoms with E-state index in [2.05, 4.69) is 0 Å². The molecule has 0 aromatic heterocycles. The minimum absolute atomic E-state index is 0.125. The molecule has 0 heterocycles. The van der Waals surface area contributed by atoms with E-state index in [0.717, 1.165) is 18.2 Å². The topological polar surface area (TPSA) is 35.5 Å². The minimum atomic E-state index is -4.47. The van der Waals surface area contributed by atoms with Gasteiger partial charge in [-0.15, -0.1) is 0 Å². The van der Waals surface area contributed by atoms with E-state index in [0.29, 0.717) is 17.1 Å². The van der Waals surface area contributed by atoms with Crippen molar-refractivity contribution in [2.24, 2.45) is 0 Å². The summed E-state index contributed by atoms with van der Waals surface area (Å²) in [6.45, 7) is 0. The van der Waals surface area contributed by atoms with E-state index in [-0.39, 0.29) is 5.57 Å². The van der Waals surface area contributed by atoms with Crippen LogP contribution in [0.4, 0.5) is 13.2 Å². The van der Waals surface area contributed by atoms with Gasteiger partial charge in [0.2, 0.25) is 0 Å². The lowest BCUT2D eigenvalue weighted by molar-refractivity contribution is -0.0886. The molecule has 0 N–H and O–H groups in total. The maximum Gasteiger partial charge on any atom is 0.416 e. The number of ether oxygens (including phenoxy) is 2. The van der Waals surface area contributed by atoms with Crippen LogP contribution < -0.4 is 9.47 Å². The molecule has 6 heteroatoms. The summed E-state index contributed by atoms with van der Waals surface area (Å²) in [5.74, 6) is 1.68. The monoisotopic (exact) mass is 310 g/mol. The highest BCUT2D eigenvalue weighted by Gasteiger charge is 2.35. The van der Waals surface area contributed by atoms with E-state index in [1.54, 1.807) is 24.1 Å². The average molecular weight is 310 g/mol. The maximum atomic E-state index is 12.9. The van der Waals surface area contributed by atoms with E-state index >= 15 is 0 Å². The SMILES string of the molecule is COc1ccc(C2C=C(C(F)(F)F)C=CC2=C=O)cc1OC. The largest absolute Gasteiger partial charge is 0.493 e. The molecule has 1 atom stereocenters. The molecule has 0 bridgehead atoms. The van der Waals surface area contributed by atoms with Crippen LogP contribution in [-0.4, -0.2) is 26.3 Å². The van der Waals surface area contributed by atoms with Crippen LogP contribution in [0.25, 0.3) is 0 Å². The Morgan fingerprint density at radius 2 is 1.77 bits per heavy atom. The lowest BCUT2D eigenvalue weighted by Crippen LogP contribution is -2.15. The van der Waals surface area contributed by atoms with Gasteiger partial charge in [-0.3, -0.25) is 0 Å². The number of methoxy groups -OCH3 is 2. The molecule has 0 radical (unpaired) electrons. The van der Waals surface area contributed by atoms with Crippen molar-refractivity contribution < 1.29 is 27.4 Å². The Bertz CT molecular complexity index is 680. The van der Waals surface area contributed by atoms with Crippen molar-refractivity contribution >= 4 is 5.94 Å². The molecule has 22 heavy (non-hydrogen) atoms. The van der Waals surface area contributed by atoms with E-state index in [9.17, 15) is 18.0 Å². The van der Waals surface area contributed by atoms with Crippen molar-refractivity contribution in [3.8, 4) is 11.5 Å². The van der Waals surface area contributed by atoms with Crippen molar-refractivity contribution in [3.05, 3.63) is 53.1 Å². The van der Waals surface area contributed by atoms with Crippen molar-refractivity contribution in [1.82, 2.24) is 0 Å². The number of alkyl halides is 3. The predicted octanol–water partition coefficient (Wildman–Crippen LogP) is 3.60. The molecule has 1 aliphatic carbocycles. The molecular weight excluding hydrogens is 297 g/mol. The molecule has 1 aromatic carbocycles. The third-order valence-corrected chi connectivity index (χ3v) is 3.34. The van der Waals surface area contributed by atoms with Crippen LogP contribution in [0, 0.1) is 0 Å². The van der Waals surface area contributed by atoms with Crippen LogP contribution in [0.15, 0.2) is 47.6 Å². The Labute approximate surface area is 125 Å². The molecule has 0 spiro atoms. The molecule has 0 fully saturated rings. The second-order valence-electron chi connectivity index (χ2n) is 4.60. The first-order valence-corrected chi connectivity index (χ1v) is 6.34. The van der Waals surface area contributed by atoms with Gasteiger partial charge in [-0.05, 0) is 29.8 Å². The summed E-state index contributed by atoms with van der Waals surface area (Å²) in [7, 11) is 2.88.